The second-order valence-electron chi connectivity index (χ2n) is 11.1. The number of hydrogen-bond acceptors (Lipinski definition) is 11. The first-order valence-electron chi connectivity index (χ1n) is 14.8. The summed E-state index contributed by atoms with van der Waals surface area (Å²) in [5.74, 6) is 3.94. The van der Waals surface area contributed by atoms with Crippen LogP contribution in [0, 0.1) is 6.92 Å². The number of aryl methyl sites for hydroxylation is 1. The number of nitrogens with zero attached hydrogens (tertiary/aromatic N) is 9. The van der Waals surface area contributed by atoms with Crippen molar-refractivity contribution in [1.82, 2.24) is 24.9 Å². The quantitative estimate of drug-likeness (QED) is 0.0802. The SMILES string of the molecule is COc1ccc(CN(Cc2ccc(OC)cc2)c2nc(C)nc(-c3cc(C(C)(C)N=[N+]=[N-])cnc3Nc3ccc(OC)nc3)n2)cc1. The lowest BCUT2D eigenvalue weighted by molar-refractivity contribution is 0.398. The molecule has 0 saturated carbocycles. The highest BCUT2D eigenvalue weighted by Gasteiger charge is 2.24. The van der Waals surface area contributed by atoms with Gasteiger partial charge in [-0.2, -0.15) is 9.97 Å². The van der Waals surface area contributed by atoms with E-state index in [1.165, 1.54) is 0 Å². The van der Waals surface area contributed by atoms with Gasteiger partial charge in [0.1, 0.15) is 23.1 Å². The van der Waals surface area contributed by atoms with Crippen LogP contribution in [0.4, 0.5) is 17.5 Å². The first-order valence-corrected chi connectivity index (χ1v) is 14.8. The molecule has 0 atom stereocenters. The van der Waals surface area contributed by atoms with Gasteiger partial charge in [-0.1, -0.05) is 43.2 Å². The molecule has 5 aromatic rings. The number of rotatable bonds is 13. The van der Waals surface area contributed by atoms with E-state index in [9.17, 15) is 5.53 Å². The highest BCUT2D eigenvalue weighted by atomic mass is 16.5. The van der Waals surface area contributed by atoms with Gasteiger partial charge in [-0.05, 0) is 65.5 Å². The Kier molecular flexibility index (Phi) is 9.97. The molecule has 3 aromatic heterocycles. The van der Waals surface area contributed by atoms with Crippen LogP contribution in [0.3, 0.4) is 0 Å². The maximum atomic E-state index is 9.23. The highest BCUT2D eigenvalue weighted by molar-refractivity contribution is 5.75. The second-order valence-corrected chi connectivity index (χ2v) is 11.1. The fourth-order valence-corrected chi connectivity index (χ4v) is 4.78. The fraction of sp³-hybridized carbons (Fsp3) is 0.265. The van der Waals surface area contributed by atoms with Crippen LogP contribution in [0.25, 0.3) is 21.8 Å². The predicted molar refractivity (Wildman–Crippen MR) is 180 cm³/mol. The molecular weight excluding hydrogens is 596 g/mol. The van der Waals surface area contributed by atoms with Crippen molar-refractivity contribution in [3.8, 4) is 28.8 Å². The summed E-state index contributed by atoms with van der Waals surface area (Å²) in [5, 5.41) is 7.33. The van der Waals surface area contributed by atoms with Crippen LogP contribution in [-0.2, 0) is 18.6 Å². The zero-order chi connectivity index (χ0) is 33.4. The zero-order valence-corrected chi connectivity index (χ0v) is 27.2. The Bertz CT molecular complexity index is 1810. The van der Waals surface area contributed by atoms with Crippen molar-refractivity contribution in [2.45, 2.75) is 39.4 Å². The minimum absolute atomic E-state index is 0.400. The van der Waals surface area contributed by atoms with E-state index < -0.39 is 5.54 Å². The van der Waals surface area contributed by atoms with Crippen molar-refractivity contribution < 1.29 is 14.2 Å². The molecule has 47 heavy (non-hydrogen) atoms. The summed E-state index contributed by atoms with van der Waals surface area (Å²) < 4.78 is 15.9. The predicted octanol–water partition coefficient (Wildman–Crippen LogP) is 7.16. The van der Waals surface area contributed by atoms with Gasteiger partial charge in [0, 0.05) is 30.3 Å². The molecule has 0 unspecified atom stereocenters. The summed E-state index contributed by atoms with van der Waals surface area (Å²) >= 11 is 0. The third kappa shape index (κ3) is 8.02. The molecule has 13 nitrogen and oxygen atoms in total. The Labute approximate surface area is 273 Å². The zero-order valence-electron chi connectivity index (χ0n) is 27.2. The van der Waals surface area contributed by atoms with E-state index in [0.717, 1.165) is 22.6 Å². The van der Waals surface area contributed by atoms with E-state index in [4.69, 9.17) is 34.1 Å². The number of aromatic nitrogens is 5. The van der Waals surface area contributed by atoms with E-state index in [1.54, 1.807) is 39.8 Å². The number of methoxy groups -OCH3 is 3. The highest BCUT2D eigenvalue weighted by Crippen LogP contribution is 2.34. The number of pyridine rings is 2. The summed E-state index contributed by atoms with van der Waals surface area (Å²) in [6.07, 6.45) is 3.32. The average Bonchev–Trinajstić information content (AvgIpc) is 3.08. The summed E-state index contributed by atoms with van der Waals surface area (Å²) in [4.78, 5) is 28.7. The third-order valence-corrected chi connectivity index (χ3v) is 7.42. The molecule has 1 N–H and O–H groups in total. The van der Waals surface area contributed by atoms with Gasteiger partial charge in [-0.3, -0.25) is 0 Å². The second kappa shape index (κ2) is 14.4. The van der Waals surface area contributed by atoms with Crippen molar-refractivity contribution in [1.29, 1.82) is 0 Å². The lowest BCUT2D eigenvalue weighted by Gasteiger charge is -2.24. The lowest BCUT2D eigenvalue weighted by Crippen LogP contribution is -2.25. The number of benzene rings is 2. The summed E-state index contributed by atoms with van der Waals surface area (Å²) in [5.41, 5.74) is 12.4. The number of ether oxygens (including phenoxy) is 3. The largest absolute Gasteiger partial charge is 0.497 e. The molecule has 240 valence electrons. The van der Waals surface area contributed by atoms with Gasteiger partial charge >= 0.3 is 0 Å². The van der Waals surface area contributed by atoms with Crippen LogP contribution in [0.1, 0.15) is 36.4 Å². The van der Waals surface area contributed by atoms with Crippen LogP contribution in [0.5, 0.6) is 17.4 Å². The molecule has 0 amide bonds. The van der Waals surface area contributed by atoms with Crippen molar-refractivity contribution in [2.24, 2.45) is 5.11 Å². The summed E-state index contributed by atoms with van der Waals surface area (Å²) in [6, 6.07) is 21.3. The van der Waals surface area contributed by atoms with Gasteiger partial charge in [0.2, 0.25) is 11.8 Å². The number of azide groups is 1. The van der Waals surface area contributed by atoms with Crippen LogP contribution in [0.2, 0.25) is 0 Å². The normalized spacial score (nSPS) is 10.9. The van der Waals surface area contributed by atoms with Gasteiger partial charge < -0.3 is 24.4 Å². The van der Waals surface area contributed by atoms with E-state index in [1.807, 2.05) is 81.4 Å². The van der Waals surface area contributed by atoms with E-state index >= 15 is 0 Å². The van der Waals surface area contributed by atoms with Crippen molar-refractivity contribution in [3.63, 3.8) is 0 Å². The lowest BCUT2D eigenvalue weighted by atomic mass is 9.95. The van der Waals surface area contributed by atoms with Gasteiger partial charge in [0.25, 0.3) is 0 Å². The van der Waals surface area contributed by atoms with Crippen molar-refractivity contribution >= 4 is 17.5 Å². The molecule has 0 aliphatic rings. The van der Waals surface area contributed by atoms with E-state index in [0.29, 0.717) is 59.2 Å². The van der Waals surface area contributed by atoms with Crippen LogP contribution in [0.15, 0.2) is 84.2 Å². The summed E-state index contributed by atoms with van der Waals surface area (Å²) in [6.45, 7) is 6.51. The van der Waals surface area contributed by atoms with Crippen LogP contribution in [-0.4, -0.2) is 46.2 Å². The minimum Gasteiger partial charge on any atom is -0.497 e. The van der Waals surface area contributed by atoms with Gasteiger partial charge in [-0.15, -0.1) is 0 Å². The molecule has 0 fully saturated rings. The van der Waals surface area contributed by atoms with Gasteiger partial charge in [0.15, 0.2) is 5.82 Å². The van der Waals surface area contributed by atoms with Crippen molar-refractivity contribution in [2.75, 3.05) is 31.5 Å². The molecule has 0 spiro atoms. The molecule has 3 heterocycles. The Balaban J connectivity index is 1.60. The summed E-state index contributed by atoms with van der Waals surface area (Å²) in [7, 11) is 4.85. The number of nitrogens with one attached hydrogen (secondary N) is 1. The van der Waals surface area contributed by atoms with E-state index in [-0.39, 0.29) is 0 Å². The first kappa shape index (κ1) is 32.5. The molecule has 2 aromatic carbocycles. The maximum absolute atomic E-state index is 9.23. The van der Waals surface area contributed by atoms with Crippen molar-refractivity contribution in [3.05, 3.63) is 112 Å². The Morgan fingerprint density at radius 1 is 0.809 bits per heavy atom. The molecular formula is C34H36N10O3. The molecule has 0 bridgehead atoms. The van der Waals surface area contributed by atoms with Gasteiger partial charge in [-0.25, -0.2) is 15.0 Å². The number of anilines is 3. The minimum atomic E-state index is -0.879. The van der Waals surface area contributed by atoms with Gasteiger partial charge in [0.05, 0.1) is 44.3 Å². The Morgan fingerprint density at radius 3 is 1.98 bits per heavy atom. The van der Waals surface area contributed by atoms with Crippen LogP contribution < -0.4 is 24.4 Å². The average molecular weight is 633 g/mol. The molecule has 0 aliphatic heterocycles. The standard InChI is InChI=1S/C34H36N10O3/c1-22-38-32(29-17-25(34(2,3)42-43-35)18-37-31(29)40-26-11-16-30(47-6)36-19-26)41-33(39-22)44(20-23-7-12-27(45-4)13-8-23)21-24-9-14-28(46-5)15-10-24/h7-19H,20-21H2,1-6H3,(H,37,40). The molecule has 0 radical (unpaired) electrons. The topological polar surface area (TPSA) is 156 Å². The monoisotopic (exact) mass is 632 g/mol. The fourth-order valence-electron chi connectivity index (χ4n) is 4.78. The first-order chi connectivity index (χ1) is 22.7. The van der Waals surface area contributed by atoms with E-state index in [2.05, 4.69) is 25.2 Å². The smallest absolute Gasteiger partial charge is 0.229 e. The third-order valence-electron chi connectivity index (χ3n) is 7.42. The molecule has 13 heteroatoms. The molecule has 0 aliphatic carbocycles. The maximum Gasteiger partial charge on any atom is 0.229 e. The molecule has 5 rings (SSSR count). The van der Waals surface area contributed by atoms with Crippen LogP contribution >= 0.6 is 0 Å². The molecule has 0 saturated heterocycles. The Morgan fingerprint density at radius 2 is 1.45 bits per heavy atom. The Hall–Kier alpha value is -5.94. The number of hydrogen-bond donors (Lipinski definition) is 1.